The number of nitrogens with one attached hydrogen (secondary N) is 1. The lowest BCUT2D eigenvalue weighted by molar-refractivity contribution is 0.0606. The third-order valence-electron chi connectivity index (χ3n) is 6.04. The molecule has 2 heterocycles. The summed E-state index contributed by atoms with van der Waals surface area (Å²) in [6, 6.07) is 6.38. The van der Waals surface area contributed by atoms with E-state index in [1.54, 1.807) is 0 Å². The van der Waals surface area contributed by atoms with Crippen LogP contribution in [-0.4, -0.2) is 33.6 Å². The number of nitrogens with zero attached hydrogens (tertiary/aromatic N) is 2. The maximum atomic E-state index is 13.1. The number of fused-ring (bicyclic) bond motifs is 2. The molecule has 6 rings (SSSR count). The van der Waals surface area contributed by atoms with Gasteiger partial charge in [0.25, 0.3) is 5.91 Å². The largest absolute Gasteiger partial charge is 0.334 e. The van der Waals surface area contributed by atoms with Crippen LogP contribution in [0.4, 0.5) is 0 Å². The second-order valence-corrected chi connectivity index (χ2v) is 8.04. The molecule has 0 spiro atoms. The normalized spacial score (nSPS) is 32.9. The van der Waals surface area contributed by atoms with E-state index in [9.17, 15) is 4.79 Å². The van der Waals surface area contributed by atoms with Gasteiger partial charge in [-0.05, 0) is 55.2 Å². The molecule has 4 bridgehead atoms. The van der Waals surface area contributed by atoms with Crippen LogP contribution in [0, 0.1) is 17.8 Å². The first-order valence-electron chi connectivity index (χ1n) is 8.15. The molecule has 1 saturated heterocycles. The lowest BCUT2D eigenvalue weighted by Crippen LogP contribution is -2.42. The summed E-state index contributed by atoms with van der Waals surface area (Å²) >= 11 is 3.49. The molecule has 1 aromatic carbocycles. The Bertz CT molecular complexity index is 770. The van der Waals surface area contributed by atoms with Crippen molar-refractivity contribution in [2.24, 2.45) is 17.8 Å². The Kier molecular flexibility index (Phi) is 2.72. The number of amides is 1. The number of likely N-dealkylation sites (tertiary alicyclic amines) is 1. The van der Waals surface area contributed by atoms with E-state index in [4.69, 9.17) is 0 Å². The fourth-order valence-electron chi connectivity index (χ4n) is 5.10. The van der Waals surface area contributed by atoms with Crippen LogP contribution < -0.4 is 0 Å². The van der Waals surface area contributed by atoms with Crippen LogP contribution >= 0.6 is 15.9 Å². The molecule has 1 N–H and O–H groups in total. The van der Waals surface area contributed by atoms with Crippen molar-refractivity contribution in [2.75, 3.05) is 6.54 Å². The molecule has 3 aliphatic carbocycles. The number of aromatic nitrogens is 2. The average Bonchev–Trinajstić information content (AvgIpc) is 3.06. The standard InChI is InChI=1S/C17H18BrN3O/c18-11-2-4-14-13(7-11)16(20-19-14)17(22)21-8-10-5-9-1-3-12(10)15(21)6-9/h2,4,7,9-10,12,15H,1,3,5-6,8H2,(H,19,20)/t9-,10+,12?,15+/m1/s1. The third kappa shape index (κ3) is 1.75. The van der Waals surface area contributed by atoms with Crippen molar-refractivity contribution in [1.82, 2.24) is 15.1 Å². The predicted octanol–water partition coefficient (Wildman–Crippen LogP) is 3.59. The minimum atomic E-state index is 0.115. The van der Waals surface area contributed by atoms with Gasteiger partial charge in [-0.25, -0.2) is 0 Å². The minimum Gasteiger partial charge on any atom is -0.334 e. The zero-order valence-corrected chi connectivity index (χ0v) is 13.8. The summed E-state index contributed by atoms with van der Waals surface area (Å²) in [5, 5.41) is 8.24. The SMILES string of the molecule is O=C(c1n[nH]c2ccc(Br)cc12)N1C[C@@H]2C[C@H]3CCC2[C@@H]1C3. The molecule has 4 atom stereocenters. The molecular weight excluding hydrogens is 342 g/mol. The summed E-state index contributed by atoms with van der Waals surface area (Å²) in [4.78, 5) is 15.2. The number of H-pyrrole nitrogens is 1. The van der Waals surface area contributed by atoms with Gasteiger partial charge >= 0.3 is 0 Å². The fraction of sp³-hybridized carbons (Fsp3) is 0.529. The number of rotatable bonds is 1. The summed E-state index contributed by atoms with van der Waals surface area (Å²) in [6.07, 6.45) is 5.23. The van der Waals surface area contributed by atoms with Crippen LogP contribution in [0.25, 0.3) is 10.9 Å². The lowest BCUT2D eigenvalue weighted by atomic mass is 9.65. The Labute approximate surface area is 137 Å². The molecule has 22 heavy (non-hydrogen) atoms. The first-order chi connectivity index (χ1) is 10.7. The van der Waals surface area contributed by atoms with Crippen molar-refractivity contribution in [3.8, 4) is 0 Å². The molecule has 0 radical (unpaired) electrons. The number of carbonyl (C=O) groups is 1. The maximum Gasteiger partial charge on any atom is 0.275 e. The quantitative estimate of drug-likeness (QED) is 0.845. The number of hydrogen-bond donors (Lipinski definition) is 1. The van der Waals surface area contributed by atoms with Gasteiger partial charge < -0.3 is 4.90 Å². The van der Waals surface area contributed by atoms with Gasteiger partial charge in [0.05, 0.1) is 5.52 Å². The summed E-state index contributed by atoms with van der Waals surface area (Å²) in [6.45, 7) is 0.938. The Morgan fingerprint density at radius 2 is 2.23 bits per heavy atom. The van der Waals surface area contributed by atoms with Crippen LogP contribution in [0.1, 0.15) is 36.2 Å². The van der Waals surface area contributed by atoms with E-state index in [-0.39, 0.29) is 5.91 Å². The summed E-state index contributed by atoms with van der Waals surface area (Å²) in [7, 11) is 0. The maximum absolute atomic E-state index is 13.1. The van der Waals surface area contributed by atoms with Crippen molar-refractivity contribution in [2.45, 2.75) is 31.7 Å². The van der Waals surface area contributed by atoms with Crippen molar-refractivity contribution in [3.63, 3.8) is 0 Å². The van der Waals surface area contributed by atoms with Gasteiger partial charge in [0.1, 0.15) is 0 Å². The lowest BCUT2D eigenvalue weighted by Gasteiger charge is -2.42. The molecule has 1 aliphatic heterocycles. The number of hydrogen-bond acceptors (Lipinski definition) is 2. The molecule has 4 fully saturated rings. The zero-order valence-electron chi connectivity index (χ0n) is 12.3. The van der Waals surface area contributed by atoms with E-state index in [0.717, 1.165) is 39.7 Å². The zero-order chi connectivity index (χ0) is 14.8. The molecule has 1 aromatic heterocycles. The van der Waals surface area contributed by atoms with Gasteiger partial charge in [0.15, 0.2) is 5.69 Å². The molecule has 4 nitrogen and oxygen atoms in total. The van der Waals surface area contributed by atoms with Crippen molar-refractivity contribution < 1.29 is 4.79 Å². The Hall–Kier alpha value is -1.36. The van der Waals surface area contributed by atoms with Crippen LogP contribution in [0.2, 0.25) is 0 Å². The van der Waals surface area contributed by atoms with Gasteiger partial charge in [0.2, 0.25) is 0 Å². The molecule has 3 saturated carbocycles. The topological polar surface area (TPSA) is 49.0 Å². The van der Waals surface area contributed by atoms with Crippen molar-refractivity contribution >= 4 is 32.7 Å². The monoisotopic (exact) mass is 359 g/mol. The van der Waals surface area contributed by atoms with Gasteiger partial charge in [-0.1, -0.05) is 22.4 Å². The van der Waals surface area contributed by atoms with E-state index in [1.807, 2.05) is 18.2 Å². The number of benzene rings is 1. The second kappa shape index (κ2) is 4.57. The predicted molar refractivity (Wildman–Crippen MR) is 87.6 cm³/mol. The highest BCUT2D eigenvalue weighted by atomic mass is 79.9. The van der Waals surface area contributed by atoms with Crippen molar-refractivity contribution in [3.05, 3.63) is 28.4 Å². The third-order valence-corrected chi connectivity index (χ3v) is 6.53. The van der Waals surface area contributed by atoms with E-state index in [2.05, 4.69) is 31.0 Å². The van der Waals surface area contributed by atoms with Gasteiger partial charge in [-0.15, -0.1) is 0 Å². The first kappa shape index (κ1) is 13.1. The van der Waals surface area contributed by atoms with Crippen LogP contribution in [0.5, 0.6) is 0 Å². The molecule has 2 aromatic rings. The molecule has 1 unspecified atom stereocenters. The fourth-order valence-corrected chi connectivity index (χ4v) is 5.46. The van der Waals surface area contributed by atoms with Gasteiger partial charge in [0, 0.05) is 22.4 Å². The second-order valence-electron chi connectivity index (χ2n) is 7.13. The highest BCUT2D eigenvalue weighted by Crippen LogP contribution is 2.51. The molecule has 1 amide bonds. The Morgan fingerprint density at radius 1 is 1.32 bits per heavy atom. The Balaban J connectivity index is 1.53. The molecule has 4 aliphatic rings. The summed E-state index contributed by atoms with van der Waals surface area (Å²) in [5.41, 5.74) is 1.51. The number of carbonyl (C=O) groups excluding carboxylic acids is 1. The van der Waals surface area contributed by atoms with E-state index in [0.29, 0.717) is 11.7 Å². The smallest absolute Gasteiger partial charge is 0.275 e. The Morgan fingerprint density at radius 3 is 3.05 bits per heavy atom. The summed E-state index contributed by atoms with van der Waals surface area (Å²) < 4.78 is 0.981. The van der Waals surface area contributed by atoms with Crippen LogP contribution in [-0.2, 0) is 0 Å². The highest BCUT2D eigenvalue weighted by Gasteiger charge is 2.51. The first-order valence-corrected chi connectivity index (χ1v) is 8.94. The van der Waals surface area contributed by atoms with Crippen LogP contribution in [0.3, 0.4) is 0 Å². The number of halogens is 1. The van der Waals surface area contributed by atoms with Gasteiger partial charge in [-0.3, -0.25) is 9.89 Å². The van der Waals surface area contributed by atoms with Gasteiger partial charge in [-0.2, -0.15) is 5.10 Å². The average molecular weight is 360 g/mol. The number of aromatic amines is 1. The van der Waals surface area contributed by atoms with Crippen LogP contribution in [0.15, 0.2) is 22.7 Å². The van der Waals surface area contributed by atoms with E-state index >= 15 is 0 Å². The molecule has 114 valence electrons. The highest BCUT2D eigenvalue weighted by molar-refractivity contribution is 9.10. The molecule has 5 heteroatoms. The minimum absolute atomic E-state index is 0.115. The van der Waals surface area contributed by atoms with E-state index in [1.165, 1.54) is 25.7 Å². The summed E-state index contributed by atoms with van der Waals surface area (Å²) in [5.74, 6) is 2.44. The van der Waals surface area contributed by atoms with Crippen molar-refractivity contribution in [1.29, 1.82) is 0 Å². The van der Waals surface area contributed by atoms with E-state index < -0.39 is 0 Å². The molecular formula is C17H18BrN3O.